The van der Waals surface area contributed by atoms with Gasteiger partial charge in [0, 0.05) is 12.4 Å². The number of hydrogen-bond donors (Lipinski definition) is 3. The van der Waals surface area contributed by atoms with Gasteiger partial charge in [-0.25, -0.2) is 4.98 Å². The van der Waals surface area contributed by atoms with E-state index in [1.807, 2.05) is 6.92 Å². The molecule has 0 unspecified atom stereocenters. The molecule has 0 atom stereocenters. The predicted octanol–water partition coefficient (Wildman–Crippen LogP) is 1.11. The van der Waals surface area contributed by atoms with Crippen molar-refractivity contribution in [2.75, 3.05) is 0 Å². The van der Waals surface area contributed by atoms with Crippen LogP contribution in [0.2, 0.25) is 0 Å². The fourth-order valence-electron chi connectivity index (χ4n) is 0.344. The van der Waals surface area contributed by atoms with E-state index in [4.69, 9.17) is 4.55 Å². The Kier molecular flexibility index (Phi) is 4.39. The van der Waals surface area contributed by atoms with Crippen LogP contribution in [0.1, 0.15) is 5.82 Å². The van der Waals surface area contributed by atoms with E-state index >= 15 is 0 Å². The molecule has 0 saturated heterocycles. The van der Waals surface area contributed by atoms with Crippen molar-refractivity contribution in [2.45, 2.75) is 6.92 Å². The Labute approximate surface area is 53.4 Å². The third-order valence-corrected chi connectivity index (χ3v) is 0.635. The van der Waals surface area contributed by atoms with E-state index in [0.717, 1.165) is 5.82 Å². The quantitative estimate of drug-likeness (QED) is 0.366. The van der Waals surface area contributed by atoms with Gasteiger partial charge in [-0.05, 0) is 19.8 Å². The van der Waals surface area contributed by atoms with Gasteiger partial charge in [0.15, 0.2) is 0 Å². The molecular formula is C4H8N2OS. The van der Waals surface area contributed by atoms with Crippen LogP contribution >= 0.6 is 12.9 Å². The van der Waals surface area contributed by atoms with E-state index in [1.165, 1.54) is 0 Å². The summed E-state index contributed by atoms with van der Waals surface area (Å²) in [5.41, 5.74) is 0. The molecule has 46 valence electrons. The van der Waals surface area contributed by atoms with E-state index in [1.54, 1.807) is 12.4 Å². The van der Waals surface area contributed by atoms with Gasteiger partial charge in [0.05, 0.1) is 0 Å². The fourth-order valence-corrected chi connectivity index (χ4v) is 0.344. The maximum Gasteiger partial charge on any atom is 0.102 e. The second kappa shape index (κ2) is 4.67. The SMILES string of the molecule is Cc1ncc[nH]1.OS. The van der Waals surface area contributed by atoms with E-state index in [9.17, 15) is 0 Å². The monoisotopic (exact) mass is 132 g/mol. The van der Waals surface area contributed by atoms with Crippen molar-refractivity contribution < 1.29 is 4.55 Å². The molecule has 0 amide bonds. The molecule has 1 aromatic heterocycles. The number of rotatable bonds is 0. The maximum atomic E-state index is 6.69. The smallest absolute Gasteiger partial charge is 0.102 e. The Hall–Kier alpha value is -0.480. The van der Waals surface area contributed by atoms with E-state index in [2.05, 4.69) is 22.9 Å². The van der Waals surface area contributed by atoms with Gasteiger partial charge >= 0.3 is 0 Å². The van der Waals surface area contributed by atoms with E-state index in [0.29, 0.717) is 0 Å². The summed E-state index contributed by atoms with van der Waals surface area (Å²) in [4.78, 5) is 6.75. The zero-order valence-electron chi connectivity index (χ0n) is 4.50. The van der Waals surface area contributed by atoms with Crippen molar-refractivity contribution in [2.24, 2.45) is 0 Å². The summed E-state index contributed by atoms with van der Waals surface area (Å²) in [6.07, 6.45) is 3.53. The van der Waals surface area contributed by atoms with Gasteiger partial charge in [-0.1, -0.05) is 0 Å². The van der Waals surface area contributed by atoms with Gasteiger partial charge in [0.1, 0.15) is 5.82 Å². The molecule has 3 nitrogen and oxygen atoms in total. The third-order valence-electron chi connectivity index (χ3n) is 0.635. The molecule has 1 heterocycles. The molecule has 0 aliphatic rings. The molecular weight excluding hydrogens is 124 g/mol. The Balaban J connectivity index is 0.000000222. The van der Waals surface area contributed by atoms with Gasteiger partial charge in [0.25, 0.3) is 0 Å². The zero-order valence-corrected chi connectivity index (χ0v) is 5.39. The molecule has 0 aromatic carbocycles. The molecule has 0 bridgehead atoms. The minimum absolute atomic E-state index is 0.968. The first-order valence-corrected chi connectivity index (χ1v) is 2.45. The van der Waals surface area contributed by atoms with Crippen molar-refractivity contribution in [1.82, 2.24) is 9.97 Å². The highest BCUT2D eigenvalue weighted by molar-refractivity contribution is 7.74. The average Bonchev–Trinajstić information content (AvgIpc) is 2.24. The lowest BCUT2D eigenvalue weighted by molar-refractivity contribution is 0.679. The molecule has 1 rings (SSSR count). The summed E-state index contributed by atoms with van der Waals surface area (Å²) in [6.45, 7) is 1.92. The van der Waals surface area contributed by atoms with Gasteiger partial charge in [-0.15, -0.1) is 0 Å². The van der Waals surface area contributed by atoms with Crippen LogP contribution in [0, 0.1) is 6.92 Å². The highest BCUT2D eigenvalue weighted by Crippen LogP contribution is 1.78. The Morgan fingerprint density at radius 2 is 2.38 bits per heavy atom. The van der Waals surface area contributed by atoms with E-state index in [-0.39, 0.29) is 0 Å². The summed E-state index contributed by atoms with van der Waals surface area (Å²) in [5, 5.41) is 0. The molecule has 0 aliphatic carbocycles. The highest BCUT2D eigenvalue weighted by Gasteiger charge is 1.73. The number of thiol groups is 1. The molecule has 4 heteroatoms. The van der Waals surface area contributed by atoms with Crippen molar-refractivity contribution in [3.05, 3.63) is 18.2 Å². The number of hydrogen-bond acceptors (Lipinski definition) is 3. The molecule has 0 aliphatic heterocycles. The number of aryl methyl sites for hydroxylation is 1. The summed E-state index contributed by atoms with van der Waals surface area (Å²) in [7, 11) is 0. The number of aromatic amines is 1. The summed E-state index contributed by atoms with van der Waals surface area (Å²) >= 11 is 2.53. The number of H-pyrrole nitrogens is 1. The Morgan fingerprint density at radius 3 is 2.50 bits per heavy atom. The van der Waals surface area contributed by atoms with Crippen LogP contribution in [0.3, 0.4) is 0 Å². The topological polar surface area (TPSA) is 48.9 Å². The lowest BCUT2D eigenvalue weighted by atomic mass is 10.8. The van der Waals surface area contributed by atoms with Crippen molar-refractivity contribution in [3.8, 4) is 0 Å². The number of nitrogens with one attached hydrogen (secondary N) is 1. The zero-order chi connectivity index (χ0) is 6.41. The number of aromatic nitrogens is 2. The normalized spacial score (nSPS) is 7.38. The van der Waals surface area contributed by atoms with Crippen molar-refractivity contribution in [3.63, 3.8) is 0 Å². The summed E-state index contributed by atoms with van der Waals surface area (Å²) in [6, 6.07) is 0. The Morgan fingerprint density at radius 1 is 1.75 bits per heavy atom. The molecule has 1 aromatic rings. The second-order valence-corrected chi connectivity index (χ2v) is 1.17. The minimum Gasteiger partial charge on any atom is -0.349 e. The average molecular weight is 132 g/mol. The fraction of sp³-hybridized carbons (Fsp3) is 0.250. The largest absolute Gasteiger partial charge is 0.349 e. The van der Waals surface area contributed by atoms with Gasteiger partial charge in [-0.3, -0.25) is 0 Å². The van der Waals surface area contributed by atoms with Crippen LogP contribution in [0.5, 0.6) is 0 Å². The summed E-state index contributed by atoms with van der Waals surface area (Å²) in [5.74, 6) is 0.968. The van der Waals surface area contributed by atoms with Crippen molar-refractivity contribution in [1.29, 1.82) is 0 Å². The first kappa shape index (κ1) is 7.52. The molecule has 0 spiro atoms. The maximum absolute atomic E-state index is 6.69. The lowest BCUT2D eigenvalue weighted by Gasteiger charge is -1.68. The molecule has 0 fully saturated rings. The van der Waals surface area contributed by atoms with Crippen molar-refractivity contribution >= 4 is 12.9 Å². The molecule has 8 heavy (non-hydrogen) atoms. The molecule has 2 N–H and O–H groups in total. The first-order chi connectivity index (χ1) is 3.89. The van der Waals surface area contributed by atoms with Gasteiger partial charge in [-0.2, -0.15) is 0 Å². The van der Waals surface area contributed by atoms with Gasteiger partial charge in [0.2, 0.25) is 0 Å². The Bertz CT molecular complexity index is 118. The number of imidazole rings is 1. The third kappa shape index (κ3) is 2.65. The summed E-state index contributed by atoms with van der Waals surface area (Å²) < 4.78 is 6.69. The predicted molar refractivity (Wildman–Crippen MR) is 34.9 cm³/mol. The number of nitrogens with zero attached hydrogens (tertiary/aromatic N) is 1. The molecule has 0 radical (unpaired) electrons. The van der Waals surface area contributed by atoms with Crippen LogP contribution in [-0.4, -0.2) is 14.5 Å². The van der Waals surface area contributed by atoms with Gasteiger partial charge < -0.3 is 9.54 Å². The van der Waals surface area contributed by atoms with Crippen LogP contribution in [-0.2, 0) is 0 Å². The van der Waals surface area contributed by atoms with Crippen LogP contribution in [0.25, 0.3) is 0 Å². The first-order valence-electron chi connectivity index (χ1n) is 2.05. The lowest BCUT2D eigenvalue weighted by Crippen LogP contribution is -1.66. The van der Waals surface area contributed by atoms with Crippen LogP contribution in [0.4, 0.5) is 0 Å². The van der Waals surface area contributed by atoms with Crippen LogP contribution < -0.4 is 0 Å². The highest BCUT2D eigenvalue weighted by atomic mass is 32.1. The standard InChI is InChI=1S/C4H6N2.H2OS/c1-4-5-2-3-6-4;1-2/h2-3H,1H3,(H,5,6);1-2H. The second-order valence-electron chi connectivity index (χ2n) is 1.17. The molecule has 0 saturated carbocycles. The van der Waals surface area contributed by atoms with E-state index < -0.39 is 0 Å². The van der Waals surface area contributed by atoms with Crippen LogP contribution in [0.15, 0.2) is 12.4 Å². The minimum atomic E-state index is 0.968.